The van der Waals surface area contributed by atoms with Crippen LogP contribution in [-0.2, 0) is 10.0 Å². The Morgan fingerprint density at radius 2 is 1.78 bits per heavy atom. The number of benzene rings is 1. The van der Waals surface area contributed by atoms with Crippen LogP contribution in [0, 0.1) is 5.92 Å². The molecule has 1 heterocycles. The van der Waals surface area contributed by atoms with Crippen molar-refractivity contribution in [1.29, 1.82) is 0 Å². The molecule has 128 valence electrons. The smallest absolute Gasteiger partial charge is 0.240 e. The Morgan fingerprint density at radius 1 is 1.04 bits per heavy atom. The van der Waals surface area contributed by atoms with Crippen LogP contribution in [-0.4, -0.2) is 28.1 Å². The molecule has 1 atom stereocenters. The quantitative estimate of drug-likeness (QED) is 0.839. The van der Waals surface area contributed by atoms with Gasteiger partial charge >= 0.3 is 0 Å². The second-order valence-corrected chi connectivity index (χ2v) is 8.72. The van der Waals surface area contributed by atoms with Crippen LogP contribution in [0.3, 0.4) is 0 Å². The average molecular weight is 337 g/mol. The predicted molar refractivity (Wildman–Crippen MR) is 93.1 cm³/mol. The fourth-order valence-corrected chi connectivity index (χ4v) is 4.84. The van der Waals surface area contributed by atoms with Gasteiger partial charge in [0.2, 0.25) is 10.0 Å². The van der Waals surface area contributed by atoms with Gasteiger partial charge in [-0.3, -0.25) is 0 Å². The van der Waals surface area contributed by atoms with Gasteiger partial charge in [0.05, 0.1) is 4.90 Å². The van der Waals surface area contributed by atoms with E-state index in [4.69, 9.17) is 0 Å². The number of hydrogen-bond donors (Lipinski definition) is 2. The first-order chi connectivity index (χ1) is 11.1. The van der Waals surface area contributed by atoms with Gasteiger partial charge in [-0.25, -0.2) is 13.1 Å². The van der Waals surface area contributed by atoms with Crippen LogP contribution in [0.25, 0.3) is 0 Å². The Hall–Kier alpha value is -0.910. The van der Waals surface area contributed by atoms with Crippen molar-refractivity contribution in [3.63, 3.8) is 0 Å². The van der Waals surface area contributed by atoms with Crippen molar-refractivity contribution >= 4 is 10.0 Å². The molecule has 0 radical (unpaired) electrons. The van der Waals surface area contributed by atoms with Gasteiger partial charge in [0.15, 0.2) is 0 Å². The van der Waals surface area contributed by atoms with Gasteiger partial charge in [0.25, 0.3) is 0 Å². The number of rotatable bonds is 6. The third-order valence-electron chi connectivity index (χ3n) is 5.27. The van der Waals surface area contributed by atoms with Crippen LogP contribution in [0.15, 0.2) is 29.2 Å². The summed E-state index contributed by atoms with van der Waals surface area (Å²) in [5, 5.41) is 3.31. The molecule has 0 bridgehead atoms. The Balaban J connectivity index is 1.56. The normalized spacial score (nSPS) is 23.2. The van der Waals surface area contributed by atoms with E-state index in [0.717, 1.165) is 25.9 Å². The van der Waals surface area contributed by atoms with Gasteiger partial charge in [0.1, 0.15) is 0 Å². The van der Waals surface area contributed by atoms with Crippen molar-refractivity contribution < 1.29 is 8.42 Å². The third-order valence-corrected chi connectivity index (χ3v) is 6.75. The molecular weight excluding hydrogens is 308 g/mol. The highest BCUT2D eigenvalue weighted by Crippen LogP contribution is 2.32. The molecular formula is C18H28N2O2S. The van der Waals surface area contributed by atoms with Crippen molar-refractivity contribution in [2.75, 3.05) is 19.6 Å². The highest BCUT2D eigenvalue weighted by Gasteiger charge is 2.19. The Kier molecular flexibility index (Phi) is 5.72. The molecule has 23 heavy (non-hydrogen) atoms. The van der Waals surface area contributed by atoms with E-state index in [1.54, 1.807) is 12.1 Å². The largest absolute Gasteiger partial charge is 0.316 e. The van der Waals surface area contributed by atoms with Crippen molar-refractivity contribution in [2.45, 2.75) is 55.8 Å². The summed E-state index contributed by atoms with van der Waals surface area (Å²) in [5.41, 5.74) is 1.29. The van der Waals surface area contributed by atoms with E-state index in [1.165, 1.54) is 37.7 Å². The van der Waals surface area contributed by atoms with E-state index in [9.17, 15) is 8.42 Å². The van der Waals surface area contributed by atoms with E-state index >= 15 is 0 Å². The highest BCUT2D eigenvalue weighted by atomic mass is 32.2. The second-order valence-electron chi connectivity index (χ2n) is 6.95. The van der Waals surface area contributed by atoms with Crippen molar-refractivity contribution in [1.82, 2.24) is 10.0 Å². The van der Waals surface area contributed by atoms with Crippen LogP contribution in [0.4, 0.5) is 0 Å². The molecule has 0 aromatic heterocycles. The van der Waals surface area contributed by atoms with Gasteiger partial charge in [-0.05, 0) is 68.3 Å². The van der Waals surface area contributed by atoms with E-state index in [0.29, 0.717) is 23.3 Å². The fraction of sp³-hybridized carbons (Fsp3) is 0.667. The third kappa shape index (κ3) is 4.55. The minimum absolute atomic E-state index is 0.390. The summed E-state index contributed by atoms with van der Waals surface area (Å²) in [7, 11) is -3.37. The zero-order valence-electron chi connectivity index (χ0n) is 13.8. The lowest BCUT2D eigenvalue weighted by Crippen LogP contribution is -2.26. The molecule has 4 nitrogen and oxygen atoms in total. The molecule has 1 saturated heterocycles. The highest BCUT2D eigenvalue weighted by molar-refractivity contribution is 7.89. The Bertz CT molecular complexity index is 586. The standard InChI is InChI=1S/C18H28N2O2S/c21-23(22,20-13-11-15-10-12-19-14-15)18-8-6-17(7-9-18)16-4-2-1-3-5-16/h6-9,15-16,19-20H,1-5,10-14H2. The summed E-state index contributed by atoms with van der Waals surface area (Å²) >= 11 is 0. The predicted octanol–water partition coefficient (Wildman–Crippen LogP) is 3.01. The molecule has 1 aliphatic heterocycles. The molecule has 2 fully saturated rings. The summed E-state index contributed by atoms with van der Waals surface area (Å²) in [6, 6.07) is 7.55. The van der Waals surface area contributed by atoms with E-state index in [2.05, 4.69) is 10.0 Å². The summed E-state index contributed by atoms with van der Waals surface area (Å²) in [6.07, 6.45) is 8.46. The molecule has 1 aromatic carbocycles. The molecule has 0 amide bonds. The number of nitrogens with one attached hydrogen (secondary N) is 2. The molecule has 0 spiro atoms. The van der Waals surface area contributed by atoms with E-state index in [-0.39, 0.29) is 0 Å². The molecule has 1 unspecified atom stereocenters. The average Bonchev–Trinajstić information content (AvgIpc) is 3.09. The van der Waals surface area contributed by atoms with Crippen LogP contribution in [0.1, 0.15) is 56.4 Å². The van der Waals surface area contributed by atoms with Crippen molar-refractivity contribution in [2.24, 2.45) is 5.92 Å². The zero-order valence-corrected chi connectivity index (χ0v) is 14.6. The zero-order chi connectivity index (χ0) is 16.1. The molecule has 2 N–H and O–H groups in total. The lowest BCUT2D eigenvalue weighted by molar-refractivity contribution is 0.443. The lowest BCUT2D eigenvalue weighted by Gasteiger charge is -2.22. The van der Waals surface area contributed by atoms with Crippen LogP contribution < -0.4 is 10.0 Å². The molecule has 5 heteroatoms. The molecule has 3 rings (SSSR count). The summed E-state index contributed by atoms with van der Waals surface area (Å²) in [6.45, 7) is 2.59. The summed E-state index contributed by atoms with van der Waals surface area (Å²) in [5.74, 6) is 1.22. The topological polar surface area (TPSA) is 58.2 Å². The number of sulfonamides is 1. The monoisotopic (exact) mass is 336 g/mol. The molecule has 1 aliphatic carbocycles. The first-order valence-electron chi connectivity index (χ1n) is 8.95. The molecule has 1 aromatic rings. The fourth-order valence-electron chi connectivity index (χ4n) is 3.80. The molecule has 2 aliphatic rings. The van der Waals surface area contributed by atoms with Crippen molar-refractivity contribution in [3.05, 3.63) is 29.8 Å². The lowest BCUT2D eigenvalue weighted by atomic mass is 9.84. The second kappa shape index (κ2) is 7.77. The minimum Gasteiger partial charge on any atom is -0.316 e. The summed E-state index contributed by atoms with van der Waals surface area (Å²) in [4.78, 5) is 0.390. The first kappa shape index (κ1) is 16.9. The van der Waals surface area contributed by atoms with Gasteiger partial charge < -0.3 is 5.32 Å². The SMILES string of the molecule is O=S(=O)(NCCC1CCNC1)c1ccc(C2CCCCC2)cc1. The van der Waals surface area contributed by atoms with Gasteiger partial charge in [-0.2, -0.15) is 0 Å². The van der Waals surface area contributed by atoms with Crippen LogP contribution >= 0.6 is 0 Å². The first-order valence-corrected chi connectivity index (χ1v) is 10.4. The maximum Gasteiger partial charge on any atom is 0.240 e. The Labute approximate surface area is 140 Å². The van der Waals surface area contributed by atoms with E-state index in [1.807, 2.05) is 12.1 Å². The maximum absolute atomic E-state index is 12.4. The van der Waals surface area contributed by atoms with Gasteiger partial charge in [0, 0.05) is 6.54 Å². The minimum atomic E-state index is -3.37. The van der Waals surface area contributed by atoms with Crippen LogP contribution in [0.5, 0.6) is 0 Å². The summed E-state index contributed by atoms with van der Waals surface area (Å²) < 4.78 is 27.5. The van der Waals surface area contributed by atoms with E-state index < -0.39 is 10.0 Å². The maximum atomic E-state index is 12.4. The number of hydrogen-bond acceptors (Lipinski definition) is 3. The van der Waals surface area contributed by atoms with Crippen molar-refractivity contribution in [3.8, 4) is 0 Å². The van der Waals surface area contributed by atoms with Gasteiger partial charge in [-0.15, -0.1) is 0 Å². The molecule has 1 saturated carbocycles. The Morgan fingerprint density at radius 3 is 2.43 bits per heavy atom. The van der Waals surface area contributed by atoms with Crippen LogP contribution in [0.2, 0.25) is 0 Å². The van der Waals surface area contributed by atoms with Gasteiger partial charge in [-0.1, -0.05) is 31.4 Å².